The smallest absolute Gasteiger partial charge is 0.319 e. The number of urea groups is 1. The van der Waals surface area contributed by atoms with Crippen molar-refractivity contribution in [3.05, 3.63) is 29.3 Å². The molecule has 1 heterocycles. The summed E-state index contributed by atoms with van der Waals surface area (Å²) in [6.07, 6.45) is 0.588. The highest BCUT2D eigenvalue weighted by atomic mass is 35.5. The van der Waals surface area contributed by atoms with E-state index in [0.717, 1.165) is 0 Å². The van der Waals surface area contributed by atoms with Gasteiger partial charge < -0.3 is 20.3 Å². The number of hydrogen-bond acceptors (Lipinski definition) is 3. The summed E-state index contributed by atoms with van der Waals surface area (Å²) in [7, 11) is 0. The van der Waals surface area contributed by atoms with E-state index in [0.29, 0.717) is 43.4 Å². The first-order valence-corrected chi connectivity index (χ1v) is 8.53. The highest BCUT2D eigenvalue weighted by Gasteiger charge is 2.27. The minimum Gasteiger partial charge on any atom is -0.378 e. The molecule has 1 aromatic rings. The molecule has 0 unspecified atom stereocenters. The van der Waals surface area contributed by atoms with E-state index in [1.165, 1.54) is 0 Å². The molecular weight excluding hydrogens is 330 g/mol. The van der Waals surface area contributed by atoms with Crippen LogP contribution in [0.4, 0.5) is 10.5 Å². The zero-order chi connectivity index (χ0) is 17.5. The molecule has 1 aromatic carbocycles. The lowest BCUT2D eigenvalue weighted by atomic mass is 10.0. The van der Waals surface area contributed by atoms with Crippen LogP contribution in [-0.4, -0.2) is 49.2 Å². The fraction of sp³-hybridized carbons (Fsp3) is 0.529. The van der Waals surface area contributed by atoms with Gasteiger partial charge in [-0.2, -0.15) is 0 Å². The molecule has 1 fully saturated rings. The molecule has 1 saturated heterocycles. The summed E-state index contributed by atoms with van der Waals surface area (Å²) in [5.74, 6) is 0.231. The van der Waals surface area contributed by atoms with Gasteiger partial charge in [0.15, 0.2) is 0 Å². The van der Waals surface area contributed by atoms with Crippen LogP contribution in [0.15, 0.2) is 24.3 Å². The fourth-order valence-corrected chi connectivity index (χ4v) is 2.68. The molecule has 2 rings (SSSR count). The predicted octanol–water partition coefficient (Wildman–Crippen LogP) is 2.74. The minimum absolute atomic E-state index is 0.0572. The highest BCUT2D eigenvalue weighted by Crippen LogP contribution is 2.14. The first kappa shape index (κ1) is 18.5. The van der Waals surface area contributed by atoms with Crippen molar-refractivity contribution in [2.24, 2.45) is 5.92 Å². The number of benzene rings is 1. The average molecular weight is 354 g/mol. The van der Waals surface area contributed by atoms with Gasteiger partial charge in [0, 0.05) is 23.8 Å². The fourth-order valence-electron chi connectivity index (χ4n) is 2.56. The number of hydrogen-bond donors (Lipinski definition) is 2. The van der Waals surface area contributed by atoms with Gasteiger partial charge in [-0.25, -0.2) is 4.79 Å². The largest absolute Gasteiger partial charge is 0.378 e. The summed E-state index contributed by atoms with van der Waals surface area (Å²) >= 11 is 5.83. The van der Waals surface area contributed by atoms with E-state index in [2.05, 4.69) is 10.6 Å². The Balaban J connectivity index is 1.97. The van der Waals surface area contributed by atoms with Crippen molar-refractivity contribution in [2.75, 3.05) is 31.6 Å². The highest BCUT2D eigenvalue weighted by molar-refractivity contribution is 6.30. The summed E-state index contributed by atoms with van der Waals surface area (Å²) in [4.78, 5) is 26.7. The molecule has 0 saturated carbocycles. The van der Waals surface area contributed by atoms with Gasteiger partial charge >= 0.3 is 6.03 Å². The van der Waals surface area contributed by atoms with Crippen molar-refractivity contribution in [2.45, 2.75) is 26.3 Å². The SMILES string of the molecule is CC(C)C[C@H](NC(=O)Nc1ccc(Cl)cc1)C(=O)N1CCOCC1. The molecule has 24 heavy (non-hydrogen) atoms. The standard InChI is InChI=1S/C17H24ClN3O3/c1-12(2)11-15(16(22)21-7-9-24-10-8-21)20-17(23)19-14-5-3-13(18)4-6-14/h3-6,12,15H,7-11H2,1-2H3,(H2,19,20,23)/t15-/m0/s1. The van der Waals surface area contributed by atoms with E-state index in [1.54, 1.807) is 29.2 Å². The van der Waals surface area contributed by atoms with E-state index in [4.69, 9.17) is 16.3 Å². The minimum atomic E-state index is -0.546. The summed E-state index contributed by atoms with van der Waals surface area (Å²) in [6.45, 7) is 6.26. The number of nitrogens with zero attached hydrogens (tertiary/aromatic N) is 1. The summed E-state index contributed by atoms with van der Waals surface area (Å²) in [6, 6.07) is 5.87. The summed E-state index contributed by atoms with van der Waals surface area (Å²) in [5, 5.41) is 6.12. The van der Waals surface area contributed by atoms with Crippen LogP contribution in [0, 0.1) is 5.92 Å². The van der Waals surface area contributed by atoms with Crippen LogP contribution in [-0.2, 0) is 9.53 Å². The topological polar surface area (TPSA) is 70.7 Å². The summed E-state index contributed by atoms with van der Waals surface area (Å²) in [5.41, 5.74) is 0.624. The molecule has 7 heteroatoms. The molecule has 1 aliphatic rings. The molecule has 132 valence electrons. The molecule has 0 radical (unpaired) electrons. The summed E-state index contributed by atoms with van der Waals surface area (Å²) < 4.78 is 5.28. The van der Waals surface area contributed by atoms with Crippen LogP contribution in [0.1, 0.15) is 20.3 Å². The Kier molecular flexibility index (Phi) is 6.87. The van der Waals surface area contributed by atoms with Gasteiger partial charge in [-0.1, -0.05) is 25.4 Å². The molecule has 0 aliphatic carbocycles. The Morgan fingerprint density at radius 3 is 2.42 bits per heavy atom. The third kappa shape index (κ3) is 5.69. The zero-order valence-corrected chi connectivity index (χ0v) is 14.8. The Morgan fingerprint density at radius 1 is 1.21 bits per heavy atom. The monoisotopic (exact) mass is 353 g/mol. The molecule has 0 spiro atoms. The number of morpholine rings is 1. The van der Waals surface area contributed by atoms with Gasteiger partial charge in [0.1, 0.15) is 6.04 Å². The molecule has 6 nitrogen and oxygen atoms in total. The van der Waals surface area contributed by atoms with Crippen molar-refractivity contribution in [3.8, 4) is 0 Å². The van der Waals surface area contributed by atoms with Crippen molar-refractivity contribution < 1.29 is 14.3 Å². The number of anilines is 1. The van der Waals surface area contributed by atoms with E-state index >= 15 is 0 Å². The van der Waals surface area contributed by atoms with Gasteiger partial charge in [-0.15, -0.1) is 0 Å². The number of amides is 3. The Bertz CT molecular complexity index is 557. The van der Waals surface area contributed by atoms with Crippen LogP contribution in [0.5, 0.6) is 0 Å². The Hall–Kier alpha value is -1.79. The number of nitrogens with one attached hydrogen (secondary N) is 2. The van der Waals surface area contributed by atoms with E-state index in [1.807, 2.05) is 13.8 Å². The second-order valence-corrected chi connectivity index (χ2v) is 6.66. The van der Waals surface area contributed by atoms with Crippen molar-refractivity contribution in [1.82, 2.24) is 10.2 Å². The second-order valence-electron chi connectivity index (χ2n) is 6.23. The van der Waals surface area contributed by atoms with Gasteiger partial charge in [0.2, 0.25) is 5.91 Å². The zero-order valence-electron chi connectivity index (χ0n) is 14.0. The van der Waals surface area contributed by atoms with Gasteiger partial charge in [-0.3, -0.25) is 4.79 Å². The maximum atomic E-state index is 12.7. The van der Waals surface area contributed by atoms with Crippen LogP contribution < -0.4 is 10.6 Å². The lowest BCUT2D eigenvalue weighted by Gasteiger charge is -2.31. The number of rotatable bonds is 5. The van der Waals surface area contributed by atoms with Crippen LogP contribution >= 0.6 is 11.6 Å². The Morgan fingerprint density at radius 2 is 1.83 bits per heavy atom. The van der Waals surface area contributed by atoms with Crippen LogP contribution in [0.2, 0.25) is 5.02 Å². The van der Waals surface area contributed by atoms with Crippen molar-refractivity contribution in [1.29, 1.82) is 0 Å². The molecular formula is C17H24ClN3O3. The van der Waals surface area contributed by atoms with Gasteiger partial charge in [0.05, 0.1) is 13.2 Å². The molecule has 3 amide bonds. The lowest BCUT2D eigenvalue weighted by molar-refractivity contribution is -0.137. The third-order valence-electron chi connectivity index (χ3n) is 3.74. The van der Waals surface area contributed by atoms with Crippen molar-refractivity contribution >= 4 is 29.2 Å². The molecule has 0 aromatic heterocycles. The Labute approximate surface area is 147 Å². The lowest BCUT2D eigenvalue weighted by Crippen LogP contribution is -2.52. The van der Waals surface area contributed by atoms with Crippen LogP contribution in [0.3, 0.4) is 0 Å². The first-order chi connectivity index (χ1) is 11.5. The average Bonchev–Trinajstić information content (AvgIpc) is 2.56. The van der Waals surface area contributed by atoms with Crippen molar-refractivity contribution in [3.63, 3.8) is 0 Å². The van der Waals surface area contributed by atoms with Gasteiger partial charge in [0.25, 0.3) is 0 Å². The first-order valence-electron chi connectivity index (χ1n) is 8.15. The van der Waals surface area contributed by atoms with E-state index in [9.17, 15) is 9.59 Å². The number of halogens is 1. The normalized spacial score (nSPS) is 15.9. The van der Waals surface area contributed by atoms with Gasteiger partial charge in [-0.05, 0) is 36.6 Å². The third-order valence-corrected chi connectivity index (χ3v) is 3.99. The van der Waals surface area contributed by atoms with E-state index in [-0.39, 0.29) is 11.8 Å². The quantitative estimate of drug-likeness (QED) is 0.855. The predicted molar refractivity (Wildman–Crippen MR) is 94.2 cm³/mol. The number of carbonyl (C=O) groups excluding carboxylic acids is 2. The molecule has 1 atom stereocenters. The van der Waals surface area contributed by atoms with Crippen LogP contribution in [0.25, 0.3) is 0 Å². The molecule has 1 aliphatic heterocycles. The molecule has 0 bridgehead atoms. The maximum Gasteiger partial charge on any atom is 0.319 e. The number of ether oxygens (including phenoxy) is 1. The molecule has 2 N–H and O–H groups in total. The maximum absolute atomic E-state index is 12.7. The number of carbonyl (C=O) groups is 2. The van der Waals surface area contributed by atoms with E-state index < -0.39 is 12.1 Å². The second kappa shape index (κ2) is 8.89.